The van der Waals surface area contributed by atoms with Gasteiger partial charge in [0.05, 0.1) is 13.7 Å². The molecule has 6 nitrogen and oxygen atoms in total. The lowest BCUT2D eigenvalue weighted by Gasteiger charge is -2.35. The molecular formula is C23H33IN4O2. The number of nitrogens with one attached hydrogen (secondary N) is 2. The van der Waals surface area contributed by atoms with Crippen molar-refractivity contribution in [3.8, 4) is 11.5 Å². The van der Waals surface area contributed by atoms with Crippen molar-refractivity contribution in [3.63, 3.8) is 0 Å². The smallest absolute Gasteiger partial charge is 0.191 e. The Hall–Kier alpha value is -2.16. The highest BCUT2D eigenvalue weighted by Gasteiger charge is 2.20. The summed E-state index contributed by atoms with van der Waals surface area (Å²) in [5, 5.41) is 7.00. The first-order valence-electron chi connectivity index (χ1n) is 10.3. The molecule has 2 N–H and O–H groups in total. The third-order valence-corrected chi connectivity index (χ3v) is 5.10. The van der Waals surface area contributed by atoms with Crippen LogP contribution >= 0.6 is 24.0 Å². The lowest BCUT2D eigenvalue weighted by atomic mass is 10.0. The van der Waals surface area contributed by atoms with Gasteiger partial charge in [0.25, 0.3) is 0 Å². The largest absolute Gasteiger partial charge is 0.493 e. The van der Waals surface area contributed by atoms with Gasteiger partial charge in [-0.2, -0.15) is 0 Å². The number of halogens is 1. The monoisotopic (exact) mass is 524 g/mol. The molecule has 164 valence electrons. The normalized spacial score (nSPS) is 16.4. The van der Waals surface area contributed by atoms with Gasteiger partial charge >= 0.3 is 0 Å². The average Bonchev–Trinajstić information content (AvgIpc) is 2.78. The van der Waals surface area contributed by atoms with Crippen molar-refractivity contribution in [1.82, 2.24) is 10.6 Å². The maximum Gasteiger partial charge on any atom is 0.191 e. The topological polar surface area (TPSA) is 58.1 Å². The average molecular weight is 524 g/mol. The Kier molecular flexibility index (Phi) is 10.1. The molecule has 0 amide bonds. The first-order chi connectivity index (χ1) is 14.2. The van der Waals surface area contributed by atoms with Gasteiger partial charge in [-0.3, -0.25) is 4.99 Å². The van der Waals surface area contributed by atoms with Gasteiger partial charge in [0.15, 0.2) is 17.5 Å². The van der Waals surface area contributed by atoms with Crippen LogP contribution in [0.25, 0.3) is 0 Å². The summed E-state index contributed by atoms with van der Waals surface area (Å²) in [4.78, 5) is 6.84. The Bertz CT molecular complexity index is 801. The zero-order valence-electron chi connectivity index (χ0n) is 18.1. The van der Waals surface area contributed by atoms with Crippen LogP contribution in [0.15, 0.2) is 53.5 Å². The van der Waals surface area contributed by atoms with Crippen molar-refractivity contribution in [2.75, 3.05) is 38.8 Å². The molecule has 1 fully saturated rings. The van der Waals surface area contributed by atoms with E-state index in [0.717, 1.165) is 42.5 Å². The molecule has 1 heterocycles. The number of piperidine rings is 1. The number of anilines is 1. The summed E-state index contributed by atoms with van der Waals surface area (Å²) in [7, 11) is 3.47. The number of guanidine groups is 1. The minimum Gasteiger partial charge on any atom is -0.493 e. The molecule has 2 aromatic carbocycles. The lowest BCUT2D eigenvalue weighted by molar-refractivity contribution is 0.310. The molecular weight excluding hydrogens is 491 g/mol. The molecule has 1 aliphatic rings. The Balaban J connectivity index is 0.00000320. The predicted octanol–water partition coefficient (Wildman–Crippen LogP) is 4.05. The Morgan fingerprint density at radius 1 is 1.17 bits per heavy atom. The number of benzene rings is 2. The van der Waals surface area contributed by atoms with Crippen molar-refractivity contribution >= 4 is 35.6 Å². The number of para-hydroxylation sites is 1. The summed E-state index contributed by atoms with van der Waals surface area (Å²) in [6.45, 7) is 5.32. The van der Waals surface area contributed by atoms with E-state index in [2.05, 4.69) is 50.9 Å². The molecule has 0 bridgehead atoms. The van der Waals surface area contributed by atoms with Gasteiger partial charge in [-0.05, 0) is 49.6 Å². The van der Waals surface area contributed by atoms with Crippen LogP contribution in [0.5, 0.6) is 11.5 Å². The van der Waals surface area contributed by atoms with Crippen molar-refractivity contribution in [2.45, 2.75) is 32.4 Å². The summed E-state index contributed by atoms with van der Waals surface area (Å²) in [6, 6.07) is 17.0. The summed E-state index contributed by atoms with van der Waals surface area (Å²) < 4.78 is 11.0. The predicted molar refractivity (Wildman–Crippen MR) is 135 cm³/mol. The molecule has 1 unspecified atom stereocenters. The second kappa shape index (κ2) is 12.5. The molecule has 30 heavy (non-hydrogen) atoms. The van der Waals surface area contributed by atoms with Crippen LogP contribution < -0.4 is 25.0 Å². The van der Waals surface area contributed by atoms with Gasteiger partial charge in [0, 0.05) is 38.4 Å². The van der Waals surface area contributed by atoms with E-state index in [1.807, 2.05) is 32.2 Å². The highest BCUT2D eigenvalue weighted by atomic mass is 127. The molecule has 2 aromatic rings. The Labute approximate surface area is 197 Å². The summed E-state index contributed by atoms with van der Waals surface area (Å²) in [5.41, 5.74) is 2.40. The fraction of sp³-hybridized carbons (Fsp3) is 0.435. The standard InChI is InChI=1S/C23H32N4O2.HI/c1-4-29-22-15-18(12-13-21(22)28-3)16-25-23(24-2)26-19-9-8-14-27(17-19)20-10-6-5-7-11-20;/h5-7,10-13,15,19H,4,8-9,14,16-17H2,1-3H3,(H2,24,25,26);1H. The van der Waals surface area contributed by atoms with Crippen LogP contribution in [0, 0.1) is 0 Å². The van der Waals surface area contributed by atoms with E-state index in [0.29, 0.717) is 19.2 Å². The number of rotatable bonds is 7. The highest BCUT2D eigenvalue weighted by Crippen LogP contribution is 2.28. The molecule has 0 radical (unpaired) electrons. The fourth-order valence-electron chi connectivity index (χ4n) is 3.64. The lowest BCUT2D eigenvalue weighted by Crippen LogP contribution is -2.51. The molecule has 1 saturated heterocycles. The van der Waals surface area contributed by atoms with Gasteiger partial charge in [0.2, 0.25) is 0 Å². The van der Waals surface area contributed by atoms with Crippen LogP contribution in [0.2, 0.25) is 0 Å². The molecule has 0 saturated carbocycles. The number of aliphatic imine (C=N–C) groups is 1. The quantitative estimate of drug-likeness (QED) is 0.325. The number of ether oxygens (including phenoxy) is 2. The SMILES string of the molecule is CCOc1cc(CNC(=NC)NC2CCCN(c3ccccc3)C2)ccc1OC.I. The van der Waals surface area contributed by atoms with Gasteiger partial charge in [0.1, 0.15) is 0 Å². The van der Waals surface area contributed by atoms with E-state index in [9.17, 15) is 0 Å². The number of methoxy groups -OCH3 is 1. The summed E-state index contributed by atoms with van der Waals surface area (Å²) in [6.07, 6.45) is 2.31. The van der Waals surface area contributed by atoms with Gasteiger partial charge in [-0.1, -0.05) is 24.3 Å². The zero-order valence-corrected chi connectivity index (χ0v) is 20.4. The van der Waals surface area contributed by atoms with Crippen molar-refractivity contribution < 1.29 is 9.47 Å². The highest BCUT2D eigenvalue weighted by molar-refractivity contribution is 14.0. The molecule has 0 spiro atoms. The first kappa shape index (κ1) is 24.1. The number of hydrogen-bond donors (Lipinski definition) is 2. The van der Waals surface area contributed by atoms with E-state index < -0.39 is 0 Å². The maximum absolute atomic E-state index is 5.67. The molecule has 1 atom stereocenters. The van der Waals surface area contributed by atoms with Crippen molar-refractivity contribution in [2.24, 2.45) is 4.99 Å². The van der Waals surface area contributed by atoms with Crippen LogP contribution in [-0.4, -0.2) is 45.9 Å². The van der Waals surface area contributed by atoms with Crippen LogP contribution in [0.1, 0.15) is 25.3 Å². The third kappa shape index (κ3) is 6.68. The Morgan fingerprint density at radius 3 is 2.67 bits per heavy atom. The van der Waals surface area contributed by atoms with Crippen LogP contribution in [0.3, 0.4) is 0 Å². The molecule has 7 heteroatoms. The minimum atomic E-state index is 0. The minimum absolute atomic E-state index is 0. The summed E-state index contributed by atoms with van der Waals surface area (Å²) in [5.74, 6) is 2.34. The van der Waals surface area contributed by atoms with E-state index >= 15 is 0 Å². The van der Waals surface area contributed by atoms with E-state index in [1.165, 1.54) is 12.1 Å². The first-order valence-corrected chi connectivity index (χ1v) is 10.3. The van der Waals surface area contributed by atoms with Crippen molar-refractivity contribution in [3.05, 3.63) is 54.1 Å². The molecule has 3 rings (SSSR count). The second-order valence-corrected chi connectivity index (χ2v) is 7.11. The van der Waals surface area contributed by atoms with Gasteiger partial charge in [-0.15, -0.1) is 24.0 Å². The third-order valence-electron chi connectivity index (χ3n) is 5.10. The van der Waals surface area contributed by atoms with E-state index in [1.54, 1.807) is 7.11 Å². The van der Waals surface area contributed by atoms with Crippen LogP contribution in [0.4, 0.5) is 5.69 Å². The van der Waals surface area contributed by atoms with Crippen molar-refractivity contribution in [1.29, 1.82) is 0 Å². The fourth-order valence-corrected chi connectivity index (χ4v) is 3.64. The maximum atomic E-state index is 5.67. The molecule has 0 aromatic heterocycles. The zero-order chi connectivity index (χ0) is 20.5. The van der Waals surface area contributed by atoms with Gasteiger partial charge in [-0.25, -0.2) is 0 Å². The van der Waals surface area contributed by atoms with E-state index in [4.69, 9.17) is 9.47 Å². The van der Waals surface area contributed by atoms with Gasteiger partial charge < -0.3 is 25.0 Å². The number of nitrogens with zero attached hydrogens (tertiary/aromatic N) is 2. The summed E-state index contributed by atoms with van der Waals surface area (Å²) >= 11 is 0. The second-order valence-electron chi connectivity index (χ2n) is 7.11. The number of hydrogen-bond acceptors (Lipinski definition) is 4. The Morgan fingerprint density at radius 2 is 1.97 bits per heavy atom. The molecule has 1 aliphatic heterocycles. The molecule has 0 aliphatic carbocycles. The van der Waals surface area contributed by atoms with Crippen LogP contribution in [-0.2, 0) is 6.54 Å². The van der Waals surface area contributed by atoms with E-state index in [-0.39, 0.29) is 24.0 Å².